The summed E-state index contributed by atoms with van der Waals surface area (Å²) in [5.41, 5.74) is -0.00259. The molecule has 0 aliphatic rings. The molecule has 0 aliphatic carbocycles. The highest BCUT2D eigenvalue weighted by atomic mass is 16.5. The molecule has 0 bridgehead atoms. The van der Waals surface area contributed by atoms with Crippen LogP contribution < -0.4 is 0 Å². The number of ether oxygens (including phenoxy) is 1. The smallest absolute Gasteiger partial charge is 0.327 e. The van der Waals surface area contributed by atoms with E-state index in [1.54, 1.807) is 6.07 Å². The van der Waals surface area contributed by atoms with Crippen molar-refractivity contribution in [3.63, 3.8) is 0 Å². The molecule has 17 heavy (non-hydrogen) atoms. The van der Waals surface area contributed by atoms with Gasteiger partial charge in [0, 0.05) is 13.7 Å². The largest absolute Gasteiger partial charge is 0.465 e. The zero-order valence-electron chi connectivity index (χ0n) is 19.4. The maximum Gasteiger partial charge on any atom is 0.327 e. The van der Waals surface area contributed by atoms with Crippen LogP contribution in [0.25, 0.3) is 0 Å². The minimum atomic E-state index is -3.50. The van der Waals surface area contributed by atoms with Gasteiger partial charge in [-0.25, -0.2) is 4.79 Å². The van der Waals surface area contributed by atoms with Gasteiger partial charge in [-0.05, 0) is 25.5 Å². The number of hydrogen-bond donors (Lipinski definition) is 0. The van der Waals surface area contributed by atoms with Gasteiger partial charge in [-0.2, -0.15) is 0 Å². The van der Waals surface area contributed by atoms with Crippen molar-refractivity contribution in [2.24, 2.45) is 0 Å². The first kappa shape index (κ1) is 5.11. The molecule has 3 nitrogen and oxygen atoms in total. The van der Waals surface area contributed by atoms with E-state index >= 15 is 0 Å². The lowest BCUT2D eigenvalue weighted by Gasteiger charge is -2.28. The van der Waals surface area contributed by atoms with Crippen LogP contribution in [0.3, 0.4) is 0 Å². The number of rotatable bonds is 6. The van der Waals surface area contributed by atoms with Gasteiger partial charge in [0.05, 0.1) is 6.61 Å². The topological polar surface area (TPSA) is 29.5 Å². The summed E-state index contributed by atoms with van der Waals surface area (Å²) >= 11 is 0. The molecular weight excluding hydrogens is 214 g/mol. The molecule has 1 unspecified atom stereocenters. The highest BCUT2D eigenvalue weighted by Gasteiger charge is 2.26. The Bertz CT molecular complexity index is 616. The van der Waals surface area contributed by atoms with Crippen molar-refractivity contribution in [3.8, 4) is 0 Å². The van der Waals surface area contributed by atoms with Crippen LogP contribution in [0, 0.1) is 0 Å². The Morgan fingerprint density at radius 2 is 2.06 bits per heavy atom. The minimum absolute atomic E-state index is 0.00259. The van der Waals surface area contributed by atoms with Crippen LogP contribution in [0.4, 0.5) is 0 Å². The second kappa shape index (κ2) is 7.07. The average Bonchev–Trinajstić information content (AvgIpc) is 2.50. The van der Waals surface area contributed by atoms with E-state index in [9.17, 15) is 4.79 Å². The molecule has 0 N–H and O–H groups in total. The molecule has 0 fully saturated rings. The van der Waals surface area contributed by atoms with E-state index in [0.717, 1.165) is 0 Å². The molecule has 0 saturated carbocycles. The van der Waals surface area contributed by atoms with Crippen LogP contribution in [-0.4, -0.2) is 30.5 Å². The van der Waals surface area contributed by atoms with Crippen LogP contribution in [-0.2, 0) is 9.53 Å². The minimum Gasteiger partial charge on any atom is -0.465 e. The zero-order chi connectivity index (χ0) is 21.3. The molecule has 1 aromatic rings. The highest BCUT2D eigenvalue weighted by Crippen LogP contribution is 2.21. The van der Waals surface area contributed by atoms with E-state index < -0.39 is 38.7 Å². The summed E-state index contributed by atoms with van der Waals surface area (Å²) in [6.45, 7) is -12.6. The zero-order valence-corrected chi connectivity index (χ0v) is 9.43. The van der Waals surface area contributed by atoms with E-state index in [1.807, 2.05) is 0 Å². The lowest BCUT2D eigenvalue weighted by Crippen LogP contribution is -2.35. The van der Waals surface area contributed by atoms with Gasteiger partial charge in [-0.15, -0.1) is 0 Å². The van der Waals surface area contributed by atoms with Crippen LogP contribution in [0.15, 0.2) is 30.3 Å². The lowest BCUT2D eigenvalue weighted by atomic mass is 10.1. The normalized spacial score (nSPS) is 24.4. The number of likely N-dealkylation sites (N-methyl/N-ethyl adjacent to an activating group) is 1. The van der Waals surface area contributed by atoms with E-state index in [-0.39, 0.29) is 17.1 Å². The molecule has 1 aromatic carbocycles. The van der Waals surface area contributed by atoms with Gasteiger partial charge in [0.2, 0.25) is 0 Å². The molecule has 0 radical (unpaired) electrons. The monoisotopic (exact) mass is 245 g/mol. The van der Waals surface area contributed by atoms with E-state index in [1.165, 1.54) is 31.2 Å². The Morgan fingerprint density at radius 3 is 2.59 bits per heavy atom. The fraction of sp³-hybridized carbons (Fsp3) is 0.500. The number of carbonyl (C=O) groups is 1. The van der Waals surface area contributed by atoms with E-state index in [4.69, 9.17) is 18.4 Å². The first-order chi connectivity index (χ1) is 12.1. The molecule has 0 aliphatic heterocycles. The first-order valence-corrected chi connectivity index (χ1v) is 5.10. The molecule has 94 valence electrons. The van der Waals surface area contributed by atoms with Gasteiger partial charge in [-0.1, -0.05) is 44.0 Å². The Kier molecular flexibility index (Phi) is 2.12. The van der Waals surface area contributed by atoms with Crippen molar-refractivity contribution in [3.05, 3.63) is 35.9 Å². The summed E-state index contributed by atoms with van der Waals surface area (Å²) in [7, 11) is 0. The van der Waals surface area contributed by atoms with Gasteiger partial charge >= 0.3 is 5.97 Å². The van der Waals surface area contributed by atoms with Crippen molar-refractivity contribution in [1.29, 1.82) is 0 Å². The van der Waals surface area contributed by atoms with Gasteiger partial charge in [0.25, 0.3) is 0 Å². The van der Waals surface area contributed by atoms with Crippen LogP contribution in [0.1, 0.15) is 45.9 Å². The summed E-state index contributed by atoms with van der Waals surface area (Å²) in [5.74, 6) is -1.16. The maximum absolute atomic E-state index is 12.6. The number of carbonyl (C=O) groups excluding carboxylic acids is 1. The number of nitrogens with zero attached hydrogens (tertiary/aromatic N) is 1. The third-order valence-corrected chi connectivity index (χ3v) is 2.12. The van der Waals surface area contributed by atoms with Crippen molar-refractivity contribution in [2.45, 2.75) is 26.7 Å². The third-order valence-electron chi connectivity index (χ3n) is 2.12. The fourth-order valence-corrected chi connectivity index (χ4v) is 1.40. The molecule has 0 aromatic heterocycles. The lowest BCUT2D eigenvalue weighted by molar-refractivity contribution is -0.149. The van der Waals surface area contributed by atoms with Crippen molar-refractivity contribution < 1.29 is 23.2 Å². The standard InChI is InChI=1S/C14H21NO2/c1-4-15(5-2)13(14(16)17-6-3)12-10-8-7-9-11-12/h7-11,13H,4-6H2,1-3H3/i1D3,2D3,4D2,5D2. The average molecular weight is 245 g/mol. The quantitative estimate of drug-likeness (QED) is 0.722. The van der Waals surface area contributed by atoms with E-state index in [2.05, 4.69) is 0 Å². The van der Waals surface area contributed by atoms with Crippen molar-refractivity contribution in [1.82, 2.24) is 4.90 Å². The van der Waals surface area contributed by atoms with Crippen molar-refractivity contribution >= 4 is 5.97 Å². The van der Waals surface area contributed by atoms with Crippen LogP contribution in [0.2, 0.25) is 0 Å². The predicted octanol–water partition coefficient (Wildman–Crippen LogP) is 2.63. The van der Waals surface area contributed by atoms with E-state index in [0.29, 0.717) is 0 Å². The fourth-order valence-electron chi connectivity index (χ4n) is 1.40. The Balaban J connectivity index is 3.78. The highest BCUT2D eigenvalue weighted by molar-refractivity contribution is 5.77. The first-order valence-electron chi connectivity index (χ1n) is 10.1. The molecular formula is C14H21NO2. The van der Waals surface area contributed by atoms with Gasteiger partial charge in [0.1, 0.15) is 6.04 Å². The molecule has 1 rings (SSSR count). The number of esters is 1. The number of hydrogen-bond acceptors (Lipinski definition) is 3. The van der Waals surface area contributed by atoms with Gasteiger partial charge in [-0.3, -0.25) is 4.90 Å². The van der Waals surface area contributed by atoms with Crippen molar-refractivity contribution in [2.75, 3.05) is 19.6 Å². The second-order valence-electron chi connectivity index (χ2n) is 3.16. The molecule has 1 atom stereocenters. The summed E-state index contributed by atoms with van der Waals surface area (Å²) in [4.78, 5) is 12.5. The molecule has 0 heterocycles. The van der Waals surface area contributed by atoms with Gasteiger partial charge in [0.15, 0.2) is 0 Å². The molecule has 0 saturated heterocycles. The number of benzene rings is 1. The van der Waals surface area contributed by atoms with Gasteiger partial charge < -0.3 is 4.74 Å². The molecule has 0 spiro atoms. The summed E-state index contributed by atoms with van der Waals surface area (Å²) in [6, 6.07) is 5.24. The van der Waals surface area contributed by atoms with Crippen LogP contribution >= 0.6 is 0 Å². The molecule has 3 heteroatoms. The Hall–Kier alpha value is -1.35. The summed E-state index contributed by atoms with van der Waals surface area (Å²) < 4.78 is 81.7. The Labute approximate surface area is 117 Å². The molecule has 0 amide bonds. The maximum atomic E-state index is 12.6. The summed E-state index contributed by atoms with van der Waals surface area (Å²) in [6.07, 6.45) is 0. The third kappa shape index (κ3) is 3.56. The predicted molar refractivity (Wildman–Crippen MR) is 68.7 cm³/mol. The Morgan fingerprint density at radius 1 is 1.41 bits per heavy atom. The SMILES string of the molecule is [2H]C([2H])([2H])C([2H])([2H])N(C(C(=O)OCC)c1ccccc1)C([2H])([2H])C([2H])([2H])[2H]. The second-order valence-corrected chi connectivity index (χ2v) is 3.16. The summed E-state index contributed by atoms with van der Waals surface area (Å²) in [5, 5.41) is 0. The van der Waals surface area contributed by atoms with Crippen LogP contribution in [0.5, 0.6) is 0 Å².